The third-order valence-electron chi connectivity index (χ3n) is 4.16. The normalized spacial score (nSPS) is 13.4. The standard InChI is InChI=1S/C20H21NO3S/c1-2-16(14-6-4-3-5-7-14)20(23)21-12-17(22)19-9-8-18(24-19)15-10-11-25-13-15/h3-11,13,16-17,22H,2,12H2,1H3,(H,21,23)/t16-,17-/m0/s1. The number of furan rings is 1. The van der Waals surface area contributed by atoms with E-state index in [9.17, 15) is 9.90 Å². The first-order valence-electron chi connectivity index (χ1n) is 8.32. The molecule has 2 heterocycles. The fraction of sp³-hybridized carbons (Fsp3) is 0.250. The SMILES string of the molecule is CC[C@H](C(=O)NC[C@H](O)c1ccc(-c2ccsc2)o1)c1ccccc1. The van der Waals surface area contributed by atoms with Gasteiger partial charge in [-0.2, -0.15) is 11.3 Å². The van der Waals surface area contributed by atoms with Crippen molar-refractivity contribution >= 4 is 17.2 Å². The Morgan fingerprint density at radius 1 is 1.20 bits per heavy atom. The number of aliphatic hydroxyl groups excluding tert-OH is 1. The van der Waals surface area contributed by atoms with Crippen molar-refractivity contribution in [1.29, 1.82) is 0 Å². The van der Waals surface area contributed by atoms with Gasteiger partial charge in [0.2, 0.25) is 5.91 Å². The van der Waals surface area contributed by atoms with Crippen LogP contribution in [0.15, 0.2) is 63.7 Å². The number of nitrogens with one attached hydrogen (secondary N) is 1. The average molecular weight is 355 g/mol. The zero-order valence-electron chi connectivity index (χ0n) is 14.0. The third-order valence-corrected chi connectivity index (χ3v) is 4.84. The molecule has 0 fully saturated rings. The highest BCUT2D eigenvalue weighted by molar-refractivity contribution is 7.08. The summed E-state index contributed by atoms with van der Waals surface area (Å²) in [5, 5.41) is 17.1. The zero-order chi connectivity index (χ0) is 17.6. The lowest BCUT2D eigenvalue weighted by atomic mass is 9.95. The molecule has 4 nitrogen and oxygen atoms in total. The number of amides is 1. The summed E-state index contributed by atoms with van der Waals surface area (Å²) in [5.74, 6) is 0.871. The van der Waals surface area contributed by atoms with E-state index in [4.69, 9.17) is 4.42 Å². The minimum absolute atomic E-state index is 0.0858. The molecular formula is C20H21NO3S. The smallest absolute Gasteiger partial charge is 0.227 e. The maximum atomic E-state index is 12.5. The number of rotatable bonds is 7. The predicted octanol–water partition coefficient (Wildman–Crippen LogP) is 4.35. The van der Waals surface area contributed by atoms with E-state index in [0.29, 0.717) is 12.2 Å². The second kappa shape index (κ2) is 8.14. The summed E-state index contributed by atoms with van der Waals surface area (Å²) in [6.07, 6.45) is -0.167. The molecule has 2 N–H and O–H groups in total. The van der Waals surface area contributed by atoms with Gasteiger partial charge in [0.1, 0.15) is 17.6 Å². The van der Waals surface area contributed by atoms with Gasteiger partial charge in [0.25, 0.3) is 0 Å². The Morgan fingerprint density at radius 2 is 2.00 bits per heavy atom. The molecule has 0 spiro atoms. The Hall–Kier alpha value is -2.37. The summed E-state index contributed by atoms with van der Waals surface area (Å²) in [6, 6.07) is 15.2. The van der Waals surface area contributed by atoms with Gasteiger partial charge in [-0.05, 0) is 35.6 Å². The van der Waals surface area contributed by atoms with E-state index in [-0.39, 0.29) is 18.4 Å². The minimum Gasteiger partial charge on any atom is -0.458 e. The molecule has 5 heteroatoms. The third kappa shape index (κ3) is 4.18. The minimum atomic E-state index is -0.871. The van der Waals surface area contributed by atoms with E-state index in [1.54, 1.807) is 17.4 Å². The first-order valence-corrected chi connectivity index (χ1v) is 9.26. The van der Waals surface area contributed by atoms with Crippen LogP contribution in [0.25, 0.3) is 11.3 Å². The fourth-order valence-electron chi connectivity index (χ4n) is 2.77. The van der Waals surface area contributed by atoms with Gasteiger partial charge in [-0.3, -0.25) is 4.79 Å². The van der Waals surface area contributed by atoms with E-state index in [0.717, 1.165) is 16.9 Å². The monoisotopic (exact) mass is 355 g/mol. The number of aliphatic hydroxyl groups is 1. The van der Waals surface area contributed by atoms with Crippen molar-refractivity contribution in [3.8, 4) is 11.3 Å². The molecule has 25 heavy (non-hydrogen) atoms. The van der Waals surface area contributed by atoms with Crippen LogP contribution in [0.4, 0.5) is 0 Å². The lowest BCUT2D eigenvalue weighted by molar-refractivity contribution is -0.123. The first kappa shape index (κ1) is 17.5. The topological polar surface area (TPSA) is 62.5 Å². The van der Waals surface area contributed by atoms with Crippen LogP contribution in [-0.4, -0.2) is 17.6 Å². The number of hydrogen-bond donors (Lipinski definition) is 2. The van der Waals surface area contributed by atoms with Crippen molar-refractivity contribution in [1.82, 2.24) is 5.32 Å². The number of thiophene rings is 1. The molecule has 130 valence electrons. The molecule has 0 unspecified atom stereocenters. The van der Waals surface area contributed by atoms with Gasteiger partial charge in [-0.1, -0.05) is 37.3 Å². The van der Waals surface area contributed by atoms with Crippen LogP contribution in [0, 0.1) is 0 Å². The molecule has 0 aliphatic heterocycles. The van der Waals surface area contributed by atoms with Crippen LogP contribution in [0.2, 0.25) is 0 Å². The highest BCUT2D eigenvalue weighted by atomic mass is 32.1. The van der Waals surface area contributed by atoms with Crippen LogP contribution < -0.4 is 5.32 Å². The second-order valence-corrected chi connectivity index (χ2v) is 6.63. The number of hydrogen-bond acceptors (Lipinski definition) is 4. The van der Waals surface area contributed by atoms with Crippen LogP contribution in [-0.2, 0) is 4.79 Å². The Balaban J connectivity index is 1.60. The molecule has 2 aromatic heterocycles. The zero-order valence-corrected chi connectivity index (χ0v) is 14.8. The molecular weight excluding hydrogens is 334 g/mol. The maximum absolute atomic E-state index is 12.5. The molecule has 0 saturated carbocycles. The van der Waals surface area contributed by atoms with Gasteiger partial charge < -0.3 is 14.8 Å². The van der Waals surface area contributed by atoms with E-state index in [1.807, 2.05) is 60.1 Å². The highest BCUT2D eigenvalue weighted by Crippen LogP contribution is 2.27. The molecule has 0 bridgehead atoms. The van der Waals surface area contributed by atoms with Crippen molar-refractivity contribution in [3.63, 3.8) is 0 Å². The number of carbonyl (C=O) groups is 1. The van der Waals surface area contributed by atoms with Crippen molar-refractivity contribution in [2.24, 2.45) is 0 Å². The van der Waals surface area contributed by atoms with Gasteiger partial charge in [0.05, 0.1) is 12.5 Å². The van der Waals surface area contributed by atoms with Gasteiger partial charge in [0.15, 0.2) is 0 Å². The van der Waals surface area contributed by atoms with Gasteiger partial charge in [0, 0.05) is 10.9 Å². The Morgan fingerprint density at radius 3 is 2.68 bits per heavy atom. The Bertz CT molecular complexity index is 795. The van der Waals surface area contributed by atoms with Crippen molar-refractivity contribution in [2.75, 3.05) is 6.54 Å². The molecule has 0 radical (unpaired) electrons. The van der Waals surface area contributed by atoms with Gasteiger partial charge in [-0.15, -0.1) is 0 Å². The van der Waals surface area contributed by atoms with Gasteiger partial charge >= 0.3 is 0 Å². The Labute approximate surface area is 151 Å². The molecule has 3 aromatic rings. The molecule has 1 aromatic carbocycles. The quantitative estimate of drug-likeness (QED) is 0.662. The number of carbonyl (C=O) groups excluding carboxylic acids is 1. The van der Waals surface area contributed by atoms with E-state index >= 15 is 0 Å². The summed E-state index contributed by atoms with van der Waals surface area (Å²) in [7, 11) is 0. The van der Waals surface area contributed by atoms with E-state index in [2.05, 4.69) is 5.32 Å². The van der Waals surface area contributed by atoms with Crippen molar-refractivity contribution in [2.45, 2.75) is 25.4 Å². The predicted molar refractivity (Wildman–Crippen MR) is 99.5 cm³/mol. The Kier molecular flexibility index (Phi) is 5.68. The molecule has 2 atom stereocenters. The second-order valence-electron chi connectivity index (χ2n) is 5.85. The summed E-state index contributed by atoms with van der Waals surface area (Å²) in [4.78, 5) is 12.5. The summed E-state index contributed by atoms with van der Waals surface area (Å²) in [5.41, 5.74) is 1.97. The summed E-state index contributed by atoms with van der Waals surface area (Å²) < 4.78 is 5.70. The summed E-state index contributed by atoms with van der Waals surface area (Å²) in [6.45, 7) is 2.10. The summed E-state index contributed by atoms with van der Waals surface area (Å²) >= 11 is 1.59. The van der Waals surface area contributed by atoms with Crippen LogP contribution in [0.3, 0.4) is 0 Å². The molecule has 0 aliphatic carbocycles. The molecule has 3 rings (SSSR count). The lowest BCUT2D eigenvalue weighted by Crippen LogP contribution is -2.32. The van der Waals surface area contributed by atoms with E-state index < -0.39 is 6.10 Å². The van der Waals surface area contributed by atoms with Crippen molar-refractivity contribution in [3.05, 3.63) is 70.6 Å². The lowest BCUT2D eigenvalue weighted by Gasteiger charge is -2.16. The van der Waals surface area contributed by atoms with E-state index in [1.165, 1.54) is 0 Å². The first-order chi connectivity index (χ1) is 12.2. The van der Waals surface area contributed by atoms with Crippen LogP contribution in [0.5, 0.6) is 0 Å². The van der Waals surface area contributed by atoms with Crippen molar-refractivity contribution < 1.29 is 14.3 Å². The molecule has 0 aliphatic rings. The maximum Gasteiger partial charge on any atom is 0.227 e. The van der Waals surface area contributed by atoms with Crippen LogP contribution >= 0.6 is 11.3 Å². The average Bonchev–Trinajstić information content (AvgIpc) is 3.32. The fourth-order valence-corrected chi connectivity index (χ4v) is 3.42. The highest BCUT2D eigenvalue weighted by Gasteiger charge is 2.20. The molecule has 1 amide bonds. The van der Waals surface area contributed by atoms with Crippen LogP contribution in [0.1, 0.15) is 36.7 Å². The number of benzene rings is 1. The largest absolute Gasteiger partial charge is 0.458 e. The van der Waals surface area contributed by atoms with Gasteiger partial charge in [-0.25, -0.2) is 0 Å². The molecule has 0 saturated heterocycles.